The van der Waals surface area contributed by atoms with Gasteiger partial charge in [-0.05, 0) is 20.9 Å². The van der Waals surface area contributed by atoms with Crippen molar-refractivity contribution < 1.29 is 0 Å². The maximum absolute atomic E-state index is 3.46. The summed E-state index contributed by atoms with van der Waals surface area (Å²) in [6, 6.07) is 0.732. The van der Waals surface area contributed by atoms with E-state index in [2.05, 4.69) is 37.2 Å². The van der Waals surface area contributed by atoms with Crippen molar-refractivity contribution in [2.45, 2.75) is 19.9 Å². The van der Waals surface area contributed by atoms with Crippen LogP contribution < -0.4 is 5.32 Å². The van der Waals surface area contributed by atoms with Gasteiger partial charge in [0.2, 0.25) is 0 Å². The van der Waals surface area contributed by atoms with Gasteiger partial charge >= 0.3 is 0 Å². The van der Waals surface area contributed by atoms with Gasteiger partial charge in [-0.2, -0.15) is 0 Å². The summed E-state index contributed by atoms with van der Waals surface area (Å²) in [5.41, 5.74) is 1.39. The Labute approximate surface area is 69.3 Å². The predicted octanol–water partition coefficient (Wildman–Crippen LogP) is 0.856. The molecule has 0 spiro atoms. The molecule has 0 aromatic carbocycles. The summed E-state index contributed by atoms with van der Waals surface area (Å²) >= 11 is 0. The van der Waals surface area contributed by atoms with Crippen molar-refractivity contribution in [3.05, 3.63) is 11.6 Å². The van der Waals surface area contributed by atoms with E-state index < -0.39 is 0 Å². The molecule has 64 valence electrons. The highest BCUT2D eigenvalue weighted by molar-refractivity contribution is 4.96. The van der Waals surface area contributed by atoms with Crippen LogP contribution in [-0.4, -0.2) is 37.6 Å². The Kier molecular flexibility index (Phi) is 3.09. The highest BCUT2D eigenvalue weighted by Gasteiger charge is 2.21. The van der Waals surface area contributed by atoms with Gasteiger partial charge in [0.15, 0.2) is 0 Å². The zero-order valence-electron chi connectivity index (χ0n) is 7.72. The summed E-state index contributed by atoms with van der Waals surface area (Å²) in [4.78, 5) is 2.32. The van der Waals surface area contributed by atoms with Crippen LogP contribution in [0.2, 0.25) is 0 Å². The van der Waals surface area contributed by atoms with Crippen molar-refractivity contribution in [2.75, 3.05) is 26.7 Å². The molecule has 0 amide bonds. The number of hydrogen-bond acceptors (Lipinski definition) is 2. The van der Waals surface area contributed by atoms with E-state index in [1.54, 1.807) is 0 Å². The smallest absolute Gasteiger partial charge is 0.0325 e. The fourth-order valence-electron chi connectivity index (χ4n) is 1.26. The third-order valence-electron chi connectivity index (χ3n) is 1.98. The molecule has 1 N–H and O–H groups in total. The molecule has 2 heteroatoms. The molecule has 1 aliphatic heterocycles. The lowest BCUT2D eigenvalue weighted by Gasteiger charge is -2.36. The quantitative estimate of drug-likeness (QED) is 0.606. The summed E-state index contributed by atoms with van der Waals surface area (Å²) < 4.78 is 0. The van der Waals surface area contributed by atoms with Gasteiger partial charge in [-0.3, -0.25) is 0 Å². The van der Waals surface area contributed by atoms with Gasteiger partial charge in [-0.15, -0.1) is 0 Å². The number of nitrogens with one attached hydrogen (secondary N) is 1. The molecule has 1 heterocycles. The summed E-state index contributed by atoms with van der Waals surface area (Å²) in [6.45, 7) is 7.71. The topological polar surface area (TPSA) is 15.3 Å². The van der Waals surface area contributed by atoms with Crippen molar-refractivity contribution in [2.24, 2.45) is 0 Å². The van der Waals surface area contributed by atoms with E-state index in [0.29, 0.717) is 0 Å². The van der Waals surface area contributed by atoms with Crippen LogP contribution in [0.1, 0.15) is 13.8 Å². The number of nitrogens with zero attached hydrogens (tertiary/aromatic N) is 1. The second-order valence-corrected chi connectivity index (χ2v) is 3.61. The first-order chi connectivity index (χ1) is 5.18. The van der Waals surface area contributed by atoms with Gasteiger partial charge in [0, 0.05) is 25.7 Å². The molecule has 0 aromatic rings. The van der Waals surface area contributed by atoms with Crippen LogP contribution in [0.3, 0.4) is 0 Å². The minimum atomic E-state index is 0.732. The third-order valence-corrected chi connectivity index (χ3v) is 1.98. The van der Waals surface area contributed by atoms with Crippen molar-refractivity contribution in [3.63, 3.8) is 0 Å². The van der Waals surface area contributed by atoms with E-state index in [1.165, 1.54) is 18.7 Å². The highest BCUT2D eigenvalue weighted by atomic mass is 15.2. The molecule has 2 nitrogen and oxygen atoms in total. The predicted molar refractivity (Wildman–Crippen MR) is 48.7 cm³/mol. The molecule has 0 bridgehead atoms. The van der Waals surface area contributed by atoms with Gasteiger partial charge in [-0.1, -0.05) is 11.6 Å². The lowest BCUT2D eigenvalue weighted by Crippen LogP contribution is -2.55. The molecule has 1 saturated heterocycles. The van der Waals surface area contributed by atoms with Gasteiger partial charge in [0.25, 0.3) is 0 Å². The summed E-state index contributed by atoms with van der Waals surface area (Å²) in [6.07, 6.45) is 2.23. The Hall–Kier alpha value is -0.340. The lowest BCUT2D eigenvalue weighted by molar-refractivity contribution is 0.165. The second-order valence-electron chi connectivity index (χ2n) is 3.61. The molecule has 0 radical (unpaired) electrons. The molecule has 1 aliphatic rings. The Bertz CT molecular complexity index is 142. The second kappa shape index (κ2) is 3.88. The van der Waals surface area contributed by atoms with E-state index in [9.17, 15) is 0 Å². The fraction of sp³-hybridized carbons (Fsp3) is 0.778. The van der Waals surface area contributed by atoms with E-state index in [0.717, 1.165) is 12.6 Å². The number of likely N-dealkylation sites (N-methyl/N-ethyl adjacent to an activating group) is 1. The van der Waals surface area contributed by atoms with Crippen LogP contribution >= 0.6 is 0 Å². The van der Waals surface area contributed by atoms with Gasteiger partial charge in [0.05, 0.1) is 0 Å². The molecule has 0 atom stereocenters. The Balaban J connectivity index is 2.01. The zero-order valence-corrected chi connectivity index (χ0v) is 7.72. The number of allylic oxidation sites excluding steroid dienone is 1. The first kappa shape index (κ1) is 8.75. The molecule has 0 aliphatic carbocycles. The van der Waals surface area contributed by atoms with Crippen LogP contribution in [-0.2, 0) is 0 Å². The molecule has 0 unspecified atom stereocenters. The summed E-state index contributed by atoms with van der Waals surface area (Å²) in [5.74, 6) is 0. The standard InChI is InChI=1S/C9H18N2/c1-8(2)4-5-10-9-6-11(3)7-9/h4,9-10H,5-7H2,1-3H3. The fourth-order valence-corrected chi connectivity index (χ4v) is 1.26. The number of hydrogen-bond donors (Lipinski definition) is 1. The van der Waals surface area contributed by atoms with Crippen molar-refractivity contribution in [1.29, 1.82) is 0 Å². The van der Waals surface area contributed by atoms with E-state index in [4.69, 9.17) is 0 Å². The molecular weight excluding hydrogens is 136 g/mol. The van der Waals surface area contributed by atoms with Crippen molar-refractivity contribution >= 4 is 0 Å². The van der Waals surface area contributed by atoms with E-state index >= 15 is 0 Å². The van der Waals surface area contributed by atoms with Crippen molar-refractivity contribution in [3.8, 4) is 0 Å². The SMILES string of the molecule is CC(C)=CCNC1CN(C)C1. The Morgan fingerprint density at radius 2 is 2.18 bits per heavy atom. The first-order valence-corrected chi connectivity index (χ1v) is 4.24. The Morgan fingerprint density at radius 1 is 1.55 bits per heavy atom. The van der Waals surface area contributed by atoms with Crippen LogP contribution in [0.4, 0.5) is 0 Å². The zero-order chi connectivity index (χ0) is 8.27. The van der Waals surface area contributed by atoms with E-state index in [-0.39, 0.29) is 0 Å². The molecular formula is C9H18N2. The monoisotopic (exact) mass is 154 g/mol. The van der Waals surface area contributed by atoms with E-state index in [1.807, 2.05) is 0 Å². The summed E-state index contributed by atoms with van der Waals surface area (Å²) in [5, 5.41) is 3.46. The Morgan fingerprint density at radius 3 is 2.64 bits per heavy atom. The molecule has 0 saturated carbocycles. The first-order valence-electron chi connectivity index (χ1n) is 4.24. The maximum atomic E-state index is 3.46. The average Bonchev–Trinajstić information content (AvgIpc) is 1.83. The highest BCUT2D eigenvalue weighted by Crippen LogP contribution is 2.02. The van der Waals surface area contributed by atoms with Gasteiger partial charge in [0.1, 0.15) is 0 Å². The largest absolute Gasteiger partial charge is 0.308 e. The van der Waals surface area contributed by atoms with Crippen LogP contribution in [0.5, 0.6) is 0 Å². The summed E-state index contributed by atoms with van der Waals surface area (Å²) in [7, 11) is 2.15. The van der Waals surface area contributed by atoms with Crippen LogP contribution in [0.15, 0.2) is 11.6 Å². The lowest BCUT2D eigenvalue weighted by atomic mass is 10.1. The van der Waals surface area contributed by atoms with Crippen LogP contribution in [0.25, 0.3) is 0 Å². The number of likely N-dealkylation sites (tertiary alicyclic amines) is 1. The molecule has 11 heavy (non-hydrogen) atoms. The van der Waals surface area contributed by atoms with Gasteiger partial charge in [-0.25, -0.2) is 0 Å². The molecule has 0 aromatic heterocycles. The average molecular weight is 154 g/mol. The number of rotatable bonds is 3. The van der Waals surface area contributed by atoms with Crippen molar-refractivity contribution in [1.82, 2.24) is 10.2 Å². The third kappa shape index (κ3) is 3.04. The normalized spacial score (nSPS) is 19.5. The minimum Gasteiger partial charge on any atom is -0.308 e. The molecule has 1 fully saturated rings. The molecule has 1 rings (SSSR count). The van der Waals surface area contributed by atoms with Crippen LogP contribution in [0, 0.1) is 0 Å². The maximum Gasteiger partial charge on any atom is 0.0325 e. The van der Waals surface area contributed by atoms with Gasteiger partial charge < -0.3 is 10.2 Å². The minimum absolute atomic E-state index is 0.732.